The minimum Gasteiger partial charge on any atom is -0.550 e. The second kappa shape index (κ2) is 9.53. The number of halogens is 1. The van der Waals surface area contributed by atoms with Crippen molar-refractivity contribution in [2.24, 2.45) is 0 Å². The molecule has 2 rings (SSSR count). The van der Waals surface area contributed by atoms with E-state index in [4.69, 9.17) is 0 Å². The highest BCUT2D eigenvalue weighted by Crippen LogP contribution is 2.14. The Labute approximate surface area is 159 Å². The van der Waals surface area contributed by atoms with E-state index in [1.54, 1.807) is 48.5 Å². The summed E-state index contributed by atoms with van der Waals surface area (Å²) in [7, 11) is 0. The Morgan fingerprint density at radius 3 is 2.42 bits per heavy atom. The van der Waals surface area contributed by atoms with Gasteiger partial charge in [-0.15, -0.1) is 0 Å². The largest absolute Gasteiger partial charge is 0.550 e. The lowest BCUT2D eigenvalue weighted by Crippen LogP contribution is -2.37. The maximum Gasteiger partial charge on any atom is 0.267 e. The van der Waals surface area contributed by atoms with Gasteiger partial charge in [-0.25, -0.2) is 0 Å². The smallest absolute Gasteiger partial charge is 0.267 e. The number of rotatable bonds is 7. The first-order valence-corrected chi connectivity index (χ1v) is 8.56. The predicted octanol–water partition coefficient (Wildman–Crippen LogP) is 1.48. The summed E-state index contributed by atoms with van der Waals surface area (Å²) in [5, 5.41) is 15.5. The highest BCUT2D eigenvalue weighted by Gasteiger charge is 2.14. The van der Waals surface area contributed by atoms with E-state index < -0.39 is 17.8 Å². The summed E-state index contributed by atoms with van der Waals surface area (Å²) in [5.74, 6) is -2.30. The van der Waals surface area contributed by atoms with Crippen LogP contribution in [0.3, 0.4) is 0 Å². The molecule has 0 saturated carbocycles. The molecule has 134 valence electrons. The van der Waals surface area contributed by atoms with Crippen LogP contribution in [0.25, 0.3) is 6.08 Å². The zero-order valence-electron chi connectivity index (χ0n) is 13.7. The number of carbonyl (C=O) groups is 3. The molecule has 0 aliphatic rings. The Morgan fingerprint density at radius 1 is 1.04 bits per heavy atom. The number of amides is 2. The molecule has 6 nitrogen and oxygen atoms in total. The van der Waals surface area contributed by atoms with Gasteiger partial charge in [0.05, 0.1) is 0 Å². The van der Waals surface area contributed by atoms with Crippen molar-refractivity contribution in [1.29, 1.82) is 0 Å². The van der Waals surface area contributed by atoms with Gasteiger partial charge in [-0.3, -0.25) is 9.59 Å². The Hall–Kier alpha value is -2.93. The Bertz CT molecular complexity index is 834. The average Bonchev–Trinajstić information content (AvgIpc) is 2.61. The molecule has 0 atom stereocenters. The minimum atomic E-state index is -1.27. The zero-order valence-corrected chi connectivity index (χ0v) is 15.3. The van der Waals surface area contributed by atoms with E-state index >= 15 is 0 Å². The van der Waals surface area contributed by atoms with Gasteiger partial charge in [0.15, 0.2) is 0 Å². The molecule has 0 spiro atoms. The number of carbonyl (C=O) groups excluding carboxylic acids is 3. The summed E-state index contributed by atoms with van der Waals surface area (Å²) in [6.07, 6.45) is 1.20. The first-order valence-electron chi connectivity index (χ1n) is 7.77. The van der Waals surface area contributed by atoms with E-state index in [1.807, 2.05) is 6.07 Å². The van der Waals surface area contributed by atoms with Crippen molar-refractivity contribution in [1.82, 2.24) is 10.6 Å². The highest BCUT2D eigenvalue weighted by molar-refractivity contribution is 9.10. The fourth-order valence-electron chi connectivity index (χ4n) is 2.08. The van der Waals surface area contributed by atoms with E-state index in [-0.39, 0.29) is 18.7 Å². The minimum absolute atomic E-state index is 0.00954. The van der Waals surface area contributed by atoms with E-state index in [9.17, 15) is 19.5 Å². The SMILES string of the molecule is O=C([O-])CCNC(=O)/C(=C\c1cccc(Br)c1)NC(=O)c1ccccc1. The molecule has 0 radical (unpaired) electrons. The zero-order chi connectivity index (χ0) is 18.9. The number of nitrogens with one attached hydrogen (secondary N) is 2. The summed E-state index contributed by atoms with van der Waals surface area (Å²) < 4.78 is 0.817. The van der Waals surface area contributed by atoms with Gasteiger partial charge in [0.1, 0.15) is 5.70 Å². The number of hydrogen-bond acceptors (Lipinski definition) is 4. The molecule has 2 aromatic carbocycles. The fourth-order valence-corrected chi connectivity index (χ4v) is 2.50. The van der Waals surface area contributed by atoms with Crippen molar-refractivity contribution in [3.8, 4) is 0 Å². The first-order chi connectivity index (χ1) is 12.5. The Balaban J connectivity index is 2.21. The molecule has 2 N–H and O–H groups in total. The van der Waals surface area contributed by atoms with E-state index in [1.165, 1.54) is 6.08 Å². The van der Waals surface area contributed by atoms with Crippen LogP contribution in [0, 0.1) is 0 Å². The van der Waals surface area contributed by atoms with Crippen LogP contribution < -0.4 is 15.7 Å². The molecule has 0 unspecified atom stereocenters. The van der Waals surface area contributed by atoms with Crippen LogP contribution in [0.15, 0.2) is 64.8 Å². The van der Waals surface area contributed by atoms with Gasteiger partial charge in [-0.05, 0) is 35.9 Å². The molecular weight excluding hydrogens is 400 g/mol. The van der Waals surface area contributed by atoms with Gasteiger partial charge in [0, 0.05) is 29.0 Å². The topological polar surface area (TPSA) is 98.3 Å². The molecule has 26 heavy (non-hydrogen) atoms. The molecule has 0 saturated heterocycles. The predicted molar refractivity (Wildman–Crippen MR) is 98.7 cm³/mol. The van der Waals surface area contributed by atoms with Crippen molar-refractivity contribution >= 4 is 39.8 Å². The summed E-state index contributed by atoms with van der Waals surface area (Å²) in [6.45, 7) is -0.0990. The quantitative estimate of drug-likeness (QED) is 0.668. The van der Waals surface area contributed by atoms with E-state index in [0.29, 0.717) is 11.1 Å². The van der Waals surface area contributed by atoms with Crippen molar-refractivity contribution in [3.05, 3.63) is 75.9 Å². The van der Waals surface area contributed by atoms with Crippen LogP contribution in [-0.4, -0.2) is 24.3 Å². The van der Waals surface area contributed by atoms with Gasteiger partial charge in [-0.1, -0.05) is 46.3 Å². The summed E-state index contributed by atoms with van der Waals surface area (Å²) in [5.41, 5.74) is 1.10. The number of benzene rings is 2. The van der Waals surface area contributed by atoms with Crippen LogP contribution in [0.5, 0.6) is 0 Å². The molecule has 0 fully saturated rings. The van der Waals surface area contributed by atoms with Crippen molar-refractivity contribution in [2.75, 3.05) is 6.54 Å². The van der Waals surface area contributed by atoms with Crippen LogP contribution in [0.2, 0.25) is 0 Å². The van der Waals surface area contributed by atoms with Gasteiger partial charge in [0.2, 0.25) is 0 Å². The third-order valence-corrected chi connectivity index (χ3v) is 3.80. The lowest BCUT2D eigenvalue weighted by Gasteiger charge is -2.11. The van der Waals surface area contributed by atoms with Gasteiger partial charge >= 0.3 is 0 Å². The standard InChI is InChI=1S/C19H17BrN2O4/c20-15-8-4-5-13(11-15)12-16(19(26)21-10-9-17(23)24)22-18(25)14-6-2-1-3-7-14/h1-8,11-12H,9-10H2,(H,21,26)(H,22,25)(H,23,24)/p-1/b16-12+. The molecule has 0 aromatic heterocycles. The normalized spacial score (nSPS) is 10.9. The number of carboxylic acids is 1. The molecule has 7 heteroatoms. The maximum atomic E-state index is 12.4. The summed E-state index contributed by atoms with van der Waals surface area (Å²) in [4.78, 5) is 35.2. The summed E-state index contributed by atoms with van der Waals surface area (Å²) >= 11 is 3.35. The Kier molecular flexibility index (Phi) is 7.11. The molecule has 2 amide bonds. The molecule has 0 aliphatic heterocycles. The van der Waals surface area contributed by atoms with Gasteiger partial charge < -0.3 is 20.5 Å². The number of aliphatic carboxylic acids is 1. The van der Waals surface area contributed by atoms with Crippen molar-refractivity contribution in [3.63, 3.8) is 0 Å². The van der Waals surface area contributed by atoms with E-state index in [0.717, 1.165) is 4.47 Å². The third-order valence-electron chi connectivity index (χ3n) is 3.30. The Morgan fingerprint density at radius 2 is 1.77 bits per heavy atom. The average molecular weight is 416 g/mol. The molecule has 0 heterocycles. The lowest BCUT2D eigenvalue weighted by molar-refractivity contribution is -0.305. The number of hydrogen-bond donors (Lipinski definition) is 2. The second-order valence-electron chi connectivity index (χ2n) is 5.31. The molecular formula is C19H16BrN2O4-. The van der Waals surface area contributed by atoms with Crippen LogP contribution in [-0.2, 0) is 9.59 Å². The third kappa shape index (κ3) is 6.18. The maximum absolute atomic E-state index is 12.4. The van der Waals surface area contributed by atoms with Crippen LogP contribution in [0.4, 0.5) is 0 Å². The van der Waals surface area contributed by atoms with Crippen LogP contribution in [0.1, 0.15) is 22.3 Å². The van der Waals surface area contributed by atoms with E-state index in [2.05, 4.69) is 26.6 Å². The highest BCUT2D eigenvalue weighted by atomic mass is 79.9. The lowest BCUT2D eigenvalue weighted by atomic mass is 10.1. The van der Waals surface area contributed by atoms with Gasteiger partial charge in [-0.2, -0.15) is 0 Å². The fraction of sp³-hybridized carbons (Fsp3) is 0.105. The molecule has 0 aliphatic carbocycles. The van der Waals surface area contributed by atoms with Gasteiger partial charge in [0.25, 0.3) is 11.8 Å². The monoisotopic (exact) mass is 415 g/mol. The first kappa shape index (κ1) is 19.4. The van der Waals surface area contributed by atoms with Crippen molar-refractivity contribution in [2.45, 2.75) is 6.42 Å². The second-order valence-corrected chi connectivity index (χ2v) is 6.23. The molecule has 0 bridgehead atoms. The molecule has 2 aromatic rings. The van der Waals surface area contributed by atoms with Crippen molar-refractivity contribution < 1.29 is 19.5 Å². The summed E-state index contributed by atoms with van der Waals surface area (Å²) in [6, 6.07) is 15.6. The van der Waals surface area contributed by atoms with Crippen LogP contribution >= 0.6 is 15.9 Å². The number of carboxylic acid groups (broad SMARTS) is 1.